The van der Waals surface area contributed by atoms with E-state index in [1.807, 2.05) is 48.5 Å². The molecule has 3 heteroatoms. The molecule has 1 aromatic heterocycles. The summed E-state index contributed by atoms with van der Waals surface area (Å²) in [6.45, 7) is 0.526. The van der Waals surface area contributed by atoms with Gasteiger partial charge in [0.1, 0.15) is 0 Å². The largest absolute Gasteiger partial charge is 0.330 e. The molecule has 0 atom stereocenters. The third kappa shape index (κ3) is 2.56. The van der Waals surface area contributed by atoms with Crippen molar-refractivity contribution in [3.63, 3.8) is 0 Å². The zero-order valence-corrected chi connectivity index (χ0v) is 11.6. The minimum Gasteiger partial charge on any atom is -0.330 e. The Morgan fingerprint density at radius 1 is 0.952 bits per heavy atom. The highest BCUT2D eigenvalue weighted by molar-refractivity contribution is 6.16. The molecule has 2 aromatic carbocycles. The predicted molar refractivity (Wildman–Crippen MR) is 84.4 cm³/mol. The molecule has 21 heavy (non-hydrogen) atoms. The Kier molecular flexibility index (Phi) is 3.75. The number of ketones is 1. The van der Waals surface area contributed by atoms with Crippen LogP contribution in [0, 0.1) is 0 Å². The number of nitrogens with two attached hydrogens (primary N) is 1. The van der Waals surface area contributed by atoms with Crippen LogP contribution in [0.4, 0.5) is 0 Å². The van der Waals surface area contributed by atoms with E-state index in [2.05, 4.69) is 4.98 Å². The molecule has 0 saturated heterocycles. The number of aromatic nitrogens is 1. The molecule has 3 rings (SSSR count). The fraction of sp³-hybridized carbons (Fsp3) is 0.111. The molecule has 2 N–H and O–H groups in total. The first-order valence-corrected chi connectivity index (χ1v) is 6.96. The van der Waals surface area contributed by atoms with Gasteiger partial charge in [0.05, 0.1) is 0 Å². The van der Waals surface area contributed by atoms with Gasteiger partial charge in [0.15, 0.2) is 5.78 Å². The maximum atomic E-state index is 12.9. The minimum atomic E-state index is 0.00310. The van der Waals surface area contributed by atoms with Crippen LogP contribution in [0.2, 0.25) is 0 Å². The standard InChI is InChI=1S/C18H16N2O/c19-10-9-13-5-1-4-8-16(13)18(21)17-12-20-11-14-6-2-3-7-15(14)17/h1-8,11-12H,9-10,19H2. The summed E-state index contributed by atoms with van der Waals surface area (Å²) >= 11 is 0. The number of nitrogens with zero attached hydrogens (tertiary/aromatic N) is 1. The molecule has 0 fully saturated rings. The quantitative estimate of drug-likeness (QED) is 0.745. The van der Waals surface area contributed by atoms with Crippen molar-refractivity contribution in [1.82, 2.24) is 4.98 Å². The third-order valence-electron chi connectivity index (χ3n) is 3.59. The second kappa shape index (κ2) is 5.85. The molecule has 0 unspecified atom stereocenters. The zero-order chi connectivity index (χ0) is 14.7. The van der Waals surface area contributed by atoms with Crippen molar-refractivity contribution < 1.29 is 4.79 Å². The summed E-state index contributed by atoms with van der Waals surface area (Å²) in [6.07, 6.45) is 4.11. The normalized spacial score (nSPS) is 10.7. The first-order valence-electron chi connectivity index (χ1n) is 6.96. The molecule has 3 aromatic rings. The highest BCUT2D eigenvalue weighted by Gasteiger charge is 2.15. The number of rotatable bonds is 4. The lowest BCUT2D eigenvalue weighted by Crippen LogP contribution is -2.10. The van der Waals surface area contributed by atoms with Gasteiger partial charge in [-0.05, 0) is 23.9 Å². The van der Waals surface area contributed by atoms with E-state index in [9.17, 15) is 4.79 Å². The van der Waals surface area contributed by atoms with Crippen LogP contribution in [0.3, 0.4) is 0 Å². The van der Waals surface area contributed by atoms with E-state index in [1.165, 1.54) is 0 Å². The second-order valence-corrected chi connectivity index (χ2v) is 4.93. The summed E-state index contributed by atoms with van der Waals surface area (Å²) in [4.78, 5) is 17.1. The SMILES string of the molecule is NCCc1ccccc1C(=O)c1cncc2ccccc12. The van der Waals surface area contributed by atoms with Gasteiger partial charge in [0.25, 0.3) is 0 Å². The van der Waals surface area contributed by atoms with Crippen molar-refractivity contribution in [2.45, 2.75) is 6.42 Å². The van der Waals surface area contributed by atoms with E-state index in [0.717, 1.165) is 16.3 Å². The van der Waals surface area contributed by atoms with Gasteiger partial charge < -0.3 is 5.73 Å². The van der Waals surface area contributed by atoms with Crippen molar-refractivity contribution in [2.75, 3.05) is 6.54 Å². The predicted octanol–water partition coefficient (Wildman–Crippen LogP) is 2.97. The molecular weight excluding hydrogens is 260 g/mol. The maximum Gasteiger partial charge on any atom is 0.195 e. The van der Waals surface area contributed by atoms with Crippen LogP contribution in [-0.4, -0.2) is 17.3 Å². The number of carbonyl (C=O) groups is 1. The Hall–Kier alpha value is -2.52. The van der Waals surface area contributed by atoms with Crippen LogP contribution in [0.15, 0.2) is 60.9 Å². The van der Waals surface area contributed by atoms with Gasteiger partial charge in [-0.2, -0.15) is 0 Å². The van der Waals surface area contributed by atoms with Crippen LogP contribution < -0.4 is 5.73 Å². The summed E-state index contributed by atoms with van der Waals surface area (Å²) in [7, 11) is 0. The molecule has 0 aliphatic carbocycles. The van der Waals surface area contributed by atoms with Gasteiger partial charge in [0, 0.05) is 28.9 Å². The van der Waals surface area contributed by atoms with E-state index in [1.54, 1.807) is 12.4 Å². The number of fused-ring (bicyclic) bond motifs is 1. The van der Waals surface area contributed by atoms with Crippen molar-refractivity contribution in [3.8, 4) is 0 Å². The molecule has 0 saturated carbocycles. The highest BCUT2D eigenvalue weighted by atomic mass is 16.1. The van der Waals surface area contributed by atoms with E-state index in [-0.39, 0.29) is 5.78 Å². The monoisotopic (exact) mass is 276 g/mol. The Morgan fingerprint density at radius 2 is 1.71 bits per heavy atom. The van der Waals surface area contributed by atoms with Crippen LogP contribution in [-0.2, 0) is 6.42 Å². The number of carbonyl (C=O) groups excluding carboxylic acids is 1. The molecule has 0 aliphatic heterocycles. The number of hydrogen-bond donors (Lipinski definition) is 1. The van der Waals surface area contributed by atoms with E-state index < -0.39 is 0 Å². The molecule has 3 nitrogen and oxygen atoms in total. The Balaban J connectivity index is 2.13. The lowest BCUT2D eigenvalue weighted by Gasteiger charge is -2.09. The van der Waals surface area contributed by atoms with Crippen molar-refractivity contribution in [1.29, 1.82) is 0 Å². The van der Waals surface area contributed by atoms with Crippen molar-refractivity contribution in [3.05, 3.63) is 77.6 Å². The first kappa shape index (κ1) is 13.5. The molecule has 0 spiro atoms. The zero-order valence-electron chi connectivity index (χ0n) is 11.6. The molecule has 0 bridgehead atoms. The fourth-order valence-corrected chi connectivity index (χ4v) is 2.56. The number of hydrogen-bond acceptors (Lipinski definition) is 3. The highest BCUT2D eigenvalue weighted by Crippen LogP contribution is 2.22. The molecule has 104 valence electrons. The Bertz CT molecular complexity index is 791. The molecule has 0 aliphatic rings. The summed E-state index contributed by atoms with van der Waals surface area (Å²) in [5, 5.41) is 1.90. The summed E-state index contributed by atoms with van der Waals surface area (Å²) in [5.41, 5.74) is 7.97. The lowest BCUT2D eigenvalue weighted by molar-refractivity contribution is 0.103. The number of benzene rings is 2. The van der Waals surface area contributed by atoms with Gasteiger partial charge in [0.2, 0.25) is 0 Å². The van der Waals surface area contributed by atoms with Crippen molar-refractivity contribution in [2.24, 2.45) is 5.73 Å². The second-order valence-electron chi connectivity index (χ2n) is 4.93. The fourth-order valence-electron chi connectivity index (χ4n) is 2.56. The van der Waals surface area contributed by atoms with Gasteiger partial charge in [-0.25, -0.2) is 0 Å². The average Bonchev–Trinajstić information content (AvgIpc) is 2.54. The molecule has 1 heterocycles. The van der Waals surface area contributed by atoms with Gasteiger partial charge >= 0.3 is 0 Å². The third-order valence-corrected chi connectivity index (χ3v) is 3.59. The average molecular weight is 276 g/mol. The topological polar surface area (TPSA) is 56.0 Å². The summed E-state index contributed by atoms with van der Waals surface area (Å²) in [5.74, 6) is 0.00310. The van der Waals surface area contributed by atoms with E-state index in [4.69, 9.17) is 5.73 Å². The molecular formula is C18H16N2O. The minimum absolute atomic E-state index is 0.00310. The summed E-state index contributed by atoms with van der Waals surface area (Å²) < 4.78 is 0. The van der Waals surface area contributed by atoms with Crippen LogP contribution in [0.1, 0.15) is 21.5 Å². The molecule has 0 amide bonds. The number of pyridine rings is 1. The van der Waals surface area contributed by atoms with Crippen LogP contribution in [0.25, 0.3) is 10.8 Å². The molecule has 0 radical (unpaired) electrons. The van der Waals surface area contributed by atoms with E-state index in [0.29, 0.717) is 24.1 Å². The van der Waals surface area contributed by atoms with Gasteiger partial charge in [-0.15, -0.1) is 0 Å². The van der Waals surface area contributed by atoms with Gasteiger partial charge in [-0.1, -0.05) is 48.5 Å². The summed E-state index contributed by atoms with van der Waals surface area (Å²) in [6, 6.07) is 15.4. The Morgan fingerprint density at radius 3 is 2.57 bits per heavy atom. The van der Waals surface area contributed by atoms with Crippen LogP contribution >= 0.6 is 0 Å². The maximum absolute atomic E-state index is 12.9. The van der Waals surface area contributed by atoms with E-state index >= 15 is 0 Å². The smallest absolute Gasteiger partial charge is 0.195 e. The lowest BCUT2D eigenvalue weighted by atomic mass is 9.95. The first-order chi connectivity index (χ1) is 10.3. The van der Waals surface area contributed by atoms with Crippen LogP contribution in [0.5, 0.6) is 0 Å². The van der Waals surface area contributed by atoms with Gasteiger partial charge in [-0.3, -0.25) is 9.78 Å². The van der Waals surface area contributed by atoms with Crippen molar-refractivity contribution >= 4 is 16.6 Å². The Labute approximate surface area is 123 Å².